The van der Waals surface area contributed by atoms with Crippen molar-refractivity contribution in [1.29, 1.82) is 5.26 Å². The number of hydrogen-bond donors (Lipinski definition) is 2. The van der Waals surface area contributed by atoms with Gasteiger partial charge in [-0.1, -0.05) is 17.5 Å². The van der Waals surface area contributed by atoms with Crippen molar-refractivity contribution < 1.29 is 18.3 Å². The average Bonchev–Trinajstić information content (AvgIpc) is 3.51. The zero-order valence-corrected chi connectivity index (χ0v) is 17.2. The minimum absolute atomic E-state index is 0.0174. The predicted octanol–water partition coefficient (Wildman–Crippen LogP) is 4.61. The van der Waals surface area contributed by atoms with Crippen molar-refractivity contribution in [3.63, 3.8) is 0 Å². The Bertz CT molecular complexity index is 1190. The summed E-state index contributed by atoms with van der Waals surface area (Å²) in [6.45, 7) is 0.664. The molecule has 1 saturated carbocycles. The molecule has 2 aliphatic rings. The van der Waals surface area contributed by atoms with E-state index in [4.69, 9.17) is 22.1 Å². The average molecular weight is 443 g/mol. The molecule has 3 N–H and O–H groups in total. The Labute approximate surface area is 182 Å². The van der Waals surface area contributed by atoms with Crippen molar-refractivity contribution in [2.45, 2.75) is 37.7 Å². The Morgan fingerprint density at radius 1 is 1.42 bits per heavy atom. The van der Waals surface area contributed by atoms with Crippen LogP contribution in [0.3, 0.4) is 0 Å². The lowest BCUT2D eigenvalue weighted by Crippen LogP contribution is -2.50. The molecule has 1 amide bonds. The second kappa shape index (κ2) is 7.40. The molecule has 31 heavy (non-hydrogen) atoms. The molecule has 158 valence electrons. The van der Waals surface area contributed by atoms with Crippen LogP contribution in [0.5, 0.6) is 0 Å². The molecule has 4 rings (SSSR count). The van der Waals surface area contributed by atoms with E-state index in [-0.39, 0.29) is 40.0 Å². The van der Waals surface area contributed by atoms with Gasteiger partial charge in [0.2, 0.25) is 0 Å². The molecule has 0 radical (unpaired) electrons. The predicted molar refractivity (Wildman–Crippen MR) is 111 cm³/mol. The van der Waals surface area contributed by atoms with Gasteiger partial charge < -0.3 is 10.5 Å². The number of rotatable bonds is 3. The fourth-order valence-electron chi connectivity index (χ4n) is 3.44. The van der Waals surface area contributed by atoms with E-state index < -0.39 is 17.6 Å². The summed E-state index contributed by atoms with van der Waals surface area (Å²) < 4.78 is 34.7. The first-order valence-corrected chi connectivity index (χ1v) is 9.89. The number of aromatic nitrogens is 1. The number of nitriles is 1. The second-order valence-corrected chi connectivity index (χ2v) is 8.04. The summed E-state index contributed by atoms with van der Waals surface area (Å²) in [6, 6.07) is 6.45. The second-order valence-electron chi connectivity index (χ2n) is 7.64. The van der Waals surface area contributed by atoms with Gasteiger partial charge in [0.05, 0.1) is 11.3 Å². The summed E-state index contributed by atoms with van der Waals surface area (Å²) >= 11 is 6.44. The van der Waals surface area contributed by atoms with Crippen LogP contribution in [0.4, 0.5) is 25.1 Å². The highest BCUT2D eigenvalue weighted by Crippen LogP contribution is 2.48. The molecule has 1 aliphatic carbocycles. The highest BCUT2D eigenvalue weighted by atomic mass is 35.5. The van der Waals surface area contributed by atoms with E-state index in [1.807, 2.05) is 6.07 Å². The van der Waals surface area contributed by atoms with E-state index in [0.717, 1.165) is 12.8 Å². The largest absolute Gasteiger partial charge is 0.418 e. The van der Waals surface area contributed by atoms with Crippen LogP contribution >= 0.6 is 11.6 Å². The highest BCUT2D eigenvalue weighted by Gasteiger charge is 2.57. The molecule has 0 saturated heterocycles. The summed E-state index contributed by atoms with van der Waals surface area (Å²) in [5, 5.41) is 12.0. The summed E-state index contributed by atoms with van der Waals surface area (Å²) in [5.74, 6) is 1.95. The number of nitrogen functional groups attached to an aromatic ring is 1. The van der Waals surface area contributed by atoms with Gasteiger partial charge in [-0.15, -0.1) is 0 Å². The Kier molecular flexibility index (Phi) is 4.99. The Hall–Kier alpha value is -3.36. The molecule has 0 bridgehead atoms. The first-order valence-electron chi connectivity index (χ1n) is 9.51. The minimum Gasteiger partial charge on any atom is -0.418 e. The molecule has 0 spiro atoms. The number of nitrogens with two attached hydrogens (primary N) is 1. The zero-order valence-electron chi connectivity index (χ0n) is 16.4. The van der Waals surface area contributed by atoms with Crippen LogP contribution in [0, 0.1) is 29.1 Å². The molecule has 2 heterocycles. The molecular formula is C22H17ClF2N4O2. The normalized spacial score (nSPS) is 19.9. The number of anilines is 2. The zero-order chi connectivity index (χ0) is 22.4. The van der Waals surface area contributed by atoms with Gasteiger partial charge in [0.25, 0.3) is 11.5 Å². The van der Waals surface area contributed by atoms with Crippen LogP contribution in [0.25, 0.3) is 0 Å². The van der Waals surface area contributed by atoms with Crippen molar-refractivity contribution >= 4 is 29.2 Å². The first-order chi connectivity index (χ1) is 14.6. The number of nitrogens with one attached hydrogen (secondary N) is 1. The summed E-state index contributed by atoms with van der Waals surface area (Å²) in [5.41, 5.74) is 4.70. The SMILES string of the molecule is CC(F)(F)[C@@]1(C#CC2CC2)OC(=O)Nc2cc(Cc3ccnc(N)c3C#N)c(Cl)cc21. The lowest BCUT2D eigenvalue weighted by atomic mass is 9.84. The van der Waals surface area contributed by atoms with Crippen molar-refractivity contribution in [3.05, 3.63) is 51.7 Å². The summed E-state index contributed by atoms with van der Waals surface area (Å²) in [6.07, 6.45) is 2.27. The lowest BCUT2D eigenvalue weighted by Gasteiger charge is -2.38. The van der Waals surface area contributed by atoms with Crippen LogP contribution in [0.15, 0.2) is 24.4 Å². The minimum atomic E-state index is -3.49. The third-order valence-corrected chi connectivity index (χ3v) is 5.61. The van der Waals surface area contributed by atoms with Gasteiger partial charge >= 0.3 is 6.09 Å². The molecular weight excluding hydrogens is 426 g/mol. The number of amides is 1. The molecule has 0 unspecified atom stereocenters. The molecule has 1 aromatic carbocycles. The van der Waals surface area contributed by atoms with E-state index in [0.29, 0.717) is 18.1 Å². The standard InChI is InChI=1S/C22H17ClF2N4O2/c1-21(24,25)22(6-4-12-2-3-12)16-10-17(23)14(9-18(16)29-20(30)31-22)8-13-5-7-28-19(27)15(13)11-26/h5,7,9-10,12H,2-3,8H2,1H3,(H2,27,28)(H,29,30)/t22-/m0/s1. The Morgan fingerprint density at radius 2 is 2.16 bits per heavy atom. The lowest BCUT2D eigenvalue weighted by molar-refractivity contribution is -0.142. The quantitative estimate of drug-likeness (QED) is 0.676. The number of nitrogens with zero attached hydrogens (tertiary/aromatic N) is 2. The maximum Gasteiger partial charge on any atom is 0.413 e. The fraction of sp³-hybridized carbons (Fsp3) is 0.318. The van der Waals surface area contributed by atoms with Crippen LogP contribution < -0.4 is 11.1 Å². The van der Waals surface area contributed by atoms with Crippen LogP contribution in [-0.2, 0) is 16.8 Å². The molecule has 1 atom stereocenters. The van der Waals surface area contributed by atoms with Gasteiger partial charge in [-0.05, 0) is 48.1 Å². The molecule has 9 heteroatoms. The van der Waals surface area contributed by atoms with E-state index in [9.17, 15) is 18.8 Å². The first kappa shape index (κ1) is 20.9. The summed E-state index contributed by atoms with van der Waals surface area (Å²) in [4.78, 5) is 16.1. The maximum atomic E-state index is 14.8. The molecule has 1 aliphatic heterocycles. The van der Waals surface area contributed by atoms with Crippen molar-refractivity contribution in [3.8, 4) is 17.9 Å². The third-order valence-electron chi connectivity index (χ3n) is 5.26. The number of alkyl halides is 2. The van der Waals surface area contributed by atoms with Gasteiger partial charge in [0.15, 0.2) is 0 Å². The number of halogens is 3. The Balaban J connectivity index is 1.83. The van der Waals surface area contributed by atoms with Gasteiger partial charge in [0.1, 0.15) is 11.9 Å². The van der Waals surface area contributed by atoms with E-state index in [2.05, 4.69) is 22.1 Å². The molecule has 1 fully saturated rings. The number of pyridine rings is 1. The van der Waals surface area contributed by atoms with Crippen molar-refractivity contribution in [2.75, 3.05) is 11.1 Å². The van der Waals surface area contributed by atoms with Crippen LogP contribution in [0.1, 0.15) is 42.0 Å². The number of benzene rings is 1. The number of ether oxygens (including phenoxy) is 1. The van der Waals surface area contributed by atoms with Crippen molar-refractivity contribution in [1.82, 2.24) is 4.98 Å². The Morgan fingerprint density at radius 3 is 2.81 bits per heavy atom. The highest BCUT2D eigenvalue weighted by molar-refractivity contribution is 6.31. The topological polar surface area (TPSA) is 101 Å². The van der Waals surface area contributed by atoms with Gasteiger partial charge in [0, 0.05) is 36.0 Å². The molecule has 6 nitrogen and oxygen atoms in total. The molecule has 2 aromatic rings. The number of cyclic esters (lactones) is 1. The van der Waals surface area contributed by atoms with E-state index in [1.165, 1.54) is 18.3 Å². The molecule has 1 aromatic heterocycles. The van der Waals surface area contributed by atoms with Crippen molar-refractivity contribution in [2.24, 2.45) is 5.92 Å². The van der Waals surface area contributed by atoms with E-state index >= 15 is 0 Å². The number of hydrogen-bond acceptors (Lipinski definition) is 5. The number of carbonyl (C=O) groups excluding carboxylic acids is 1. The fourth-order valence-corrected chi connectivity index (χ4v) is 3.67. The van der Waals surface area contributed by atoms with Crippen LogP contribution in [0.2, 0.25) is 5.02 Å². The van der Waals surface area contributed by atoms with Gasteiger partial charge in [-0.3, -0.25) is 5.32 Å². The number of fused-ring (bicyclic) bond motifs is 1. The van der Waals surface area contributed by atoms with Gasteiger partial charge in [-0.2, -0.15) is 5.26 Å². The smallest absolute Gasteiger partial charge is 0.413 e. The monoisotopic (exact) mass is 442 g/mol. The third kappa shape index (κ3) is 3.75. The number of carbonyl (C=O) groups is 1. The summed E-state index contributed by atoms with van der Waals surface area (Å²) in [7, 11) is 0. The maximum absolute atomic E-state index is 14.8. The van der Waals surface area contributed by atoms with E-state index in [1.54, 1.807) is 6.07 Å². The van der Waals surface area contributed by atoms with Gasteiger partial charge in [-0.25, -0.2) is 18.6 Å². The van der Waals surface area contributed by atoms with Crippen LogP contribution in [-0.4, -0.2) is 17.0 Å².